The summed E-state index contributed by atoms with van der Waals surface area (Å²) in [6, 6.07) is 7.72. The van der Waals surface area contributed by atoms with Crippen LogP contribution in [0.1, 0.15) is 56.9 Å². The van der Waals surface area contributed by atoms with Crippen LogP contribution in [0.2, 0.25) is 0 Å². The second-order valence-electron chi connectivity index (χ2n) is 4.75. The van der Waals surface area contributed by atoms with Gasteiger partial charge in [0.25, 0.3) is 0 Å². The fourth-order valence-corrected chi connectivity index (χ4v) is 2.07. The first-order valence-electron chi connectivity index (χ1n) is 6.86. The van der Waals surface area contributed by atoms with Gasteiger partial charge in [-0.1, -0.05) is 44.7 Å². The number of unbranched alkanes of at least 4 members (excludes halogenated alkanes) is 4. The molecule has 3 heteroatoms. The molecule has 0 saturated carbocycles. The summed E-state index contributed by atoms with van der Waals surface area (Å²) in [6.45, 7) is 2.14. The topological polar surface area (TPSA) is 40.9 Å². The van der Waals surface area contributed by atoms with Gasteiger partial charge in [0.1, 0.15) is 11.7 Å². The first-order chi connectivity index (χ1) is 9.19. The number of carbonyl (C=O) groups excluding carboxylic acids is 1. The number of nitrogens with zero attached hydrogens (tertiary/aromatic N) is 1. The maximum absolute atomic E-state index is 13.1. The van der Waals surface area contributed by atoms with Gasteiger partial charge in [-0.15, -0.1) is 0 Å². The zero-order valence-corrected chi connectivity index (χ0v) is 11.4. The van der Waals surface area contributed by atoms with E-state index < -0.39 is 11.7 Å². The van der Waals surface area contributed by atoms with Crippen LogP contribution < -0.4 is 0 Å². The van der Waals surface area contributed by atoms with Crippen molar-refractivity contribution in [3.63, 3.8) is 0 Å². The zero-order chi connectivity index (χ0) is 14.1. The molecule has 0 aliphatic heterocycles. The summed E-state index contributed by atoms with van der Waals surface area (Å²) in [6.07, 6.45) is 5.70. The van der Waals surface area contributed by atoms with Crippen LogP contribution in [0, 0.1) is 17.1 Å². The Balaban J connectivity index is 2.51. The normalized spacial score (nSPS) is 11.8. The Hall–Kier alpha value is -1.69. The van der Waals surface area contributed by atoms with E-state index in [2.05, 4.69) is 6.92 Å². The van der Waals surface area contributed by atoms with E-state index in [9.17, 15) is 9.18 Å². The molecular formula is C16H20FNO. The van der Waals surface area contributed by atoms with Gasteiger partial charge in [-0.2, -0.15) is 5.26 Å². The molecule has 0 aromatic heterocycles. The molecule has 1 unspecified atom stereocenters. The summed E-state index contributed by atoms with van der Waals surface area (Å²) in [5.74, 6) is -1.35. The van der Waals surface area contributed by atoms with Crippen LogP contribution in [0.4, 0.5) is 4.39 Å². The second-order valence-corrected chi connectivity index (χ2v) is 4.75. The van der Waals surface area contributed by atoms with Crippen LogP contribution in [-0.4, -0.2) is 5.78 Å². The number of hydrogen-bond acceptors (Lipinski definition) is 2. The molecule has 0 N–H and O–H groups in total. The SMILES string of the molecule is CCCCCCCC(=O)C(C#N)c1cccc(F)c1. The predicted octanol–water partition coefficient (Wildman–Crippen LogP) is 4.36. The summed E-state index contributed by atoms with van der Waals surface area (Å²) >= 11 is 0. The minimum absolute atomic E-state index is 0.107. The molecule has 0 bridgehead atoms. The molecule has 2 nitrogen and oxygen atoms in total. The van der Waals surface area contributed by atoms with Crippen molar-refractivity contribution >= 4 is 5.78 Å². The number of hydrogen-bond donors (Lipinski definition) is 0. The first-order valence-corrected chi connectivity index (χ1v) is 6.86. The molecule has 19 heavy (non-hydrogen) atoms. The summed E-state index contributed by atoms with van der Waals surface area (Å²) in [4.78, 5) is 12.0. The van der Waals surface area contributed by atoms with Crippen molar-refractivity contribution in [1.82, 2.24) is 0 Å². The van der Waals surface area contributed by atoms with Gasteiger partial charge in [0, 0.05) is 6.42 Å². The van der Waals surface area contributed by atoms with E-state index in [-0.39, 0.29) is 5.78 Å². The lowest BCUT2D eigenvalue weighted by atomic mass is 9.93. The van der Waals surface area contributed by atoms with Gasteiger partial charge in [0.15, 0.2) is 5.78 Å². The van der Waals surface area contributed by atoms with Gasteiger partial charge in [-0.3, -0.25) is 4.79 Å². The Labute approximate surface area is 114 Å². The molecule has 1 aromatic carbocycles. The van der Waals surface area contributed by atoms with E-state index in [1.165, 1.54) is 24.6 Å². The third-order valence-electron chi connectivity index (χ3n) is 3.16. The van der Waals surface area contributed by atoms with Gasteiger partial charge in [0.05, 0.1) is 6.07 Å². The van der Waals surface area contributed by atoms with E-state index in [4.69, 9.17) is 5.26 Å². The van der Waals surface area contributed by atoms with E-state index >= 15 is 0 Å². The summed E-state index contributed by atoms with van der Waals surface area (Å²) in [5, 5.41) is 9.09. The third-order valence-corrected chi connectivity index (χ3v) is 3.16. The van der Waals surface area contributed by atoms with Gasteiger partial charge in [0.2, 0.25) is 0 Å². The highest BCUT2D eigenvalue weighted by Gasteiger charge is 2.19. The van der Waals surface area contributed by atoms with Crippen LogP contribution in [0.3, 0.4) is 0 Å². The second kappa shape index (κ2) is 8.42. The van der Waals surface area contributed by atoms with Gasteiger partial charge in [-0.25, -0.2) is 4.39 Å². The third kappa shape index (κ3) is 5.21. The molecule has 0 aliphatic carbocycles. The van der Waals surface area contributed by atoms with Crippen LogP contribution in [-0.2, 0) is 4.79 Å². The minimum Gasteiger partial charge on any atom is -0.298 e. The van der Waals surface area contributed by atoms with Crippen LogP contribution in [0.25, 0.3) is 0 Å². The zero-order valence-electron chi connectivity index (χ0n) is 11.4. The van der Waals surface area contributed by atoms with E-state index in [0.29, 0.717) is 12.0 Å². The first kappa shape index (κ1) is 15.4. The number of Topliss-reactive ketones (excluding diaryl/α,β-unsaturated/α-hetero) is 1. The highest BCUT2D eigenvalue weighted by molar-refractivity contribution is 5.88. The Morgan fingerprint density at radius 2 is 2.05 bits per heavy atom. The lowest BCUT2D eigenvalue weighted by Gasteiger charge is -2.08. The van der Waals surface area contributed by atoms with Crippen molar-refractivity contribution < 1.29 is 9.18 Å². The molecule has 0 radical (unpaired) electrons. The molecule has 1 atom stereocenters. The molecule has 102 valence electrons. The van der Waals surface area contributed by atoms with Crippen LogP contribution in [0.5, 0.6) is 0 Å². The highest BCUT2D eigenvalue weighted by Crippen LogP contribution is 2.20. The van der Waals surface area contributed by atoms with Gasteiger partial charge < -0.3 is 0 Å². The minimum atomic E-state index is -0.832. The molecule has 0 saturated heterocycles. The van der Waals surface area contributed by atoms with Crippen molar-refractivity contribution in [1.29, 1.82) is 5.26 Å². The number of halogens is 1. The fourth-order valence-electron chi connectivity index (χ4n) is 2.07. The molecule has 0 spiro atoms. The van der Waals surface area contributed by atoms with Crippen molar-refractivity contribution in [3.8, 4) is 6.07 Å². The quantitative estimate of drug-likeness (QED) is 0.652. The average Bonchev–Trinajstić information content (AvgIpc) is 2.39. The molecule has 0 amide bonds. The highest BCUT2D eigenvalue weighted by atomic mass is 19.1. The largest absolute Gasteiger partial charge is 0.298 e. The molecule has 1 aromatic rings. The Morgan fingerprint density at radius 1 is 1.32 bits per heavy atom. The summed E-state index contributed by atoms with van der Waals surface area (Å²) < 4.78 is 13.1. The molecule has 0 fully saturated rings. The molecule has 0 heterocycles. The van der Waals surface area contributed by atoms with E-state index in [1.807, 2.05) is 6.07 Å². The van der Waals surface area contributed by atoms with Gasteiger partial charge in [-0.05, 0) is 24.1 Å². The smallest absolute Gasteiger partial charge is 0.154 e. The molecule has 1 rings (SSSR count). The lowest BCUT2D eigenvalue weighted by molar-refractivity contribution is -0.119. The lowest BCUT2D eigenvalue weighted by Crippen LogP contribution is -2.10. The Morgan fingerprint density at radius 3 is 2.68 bits per heavy atom. The molecule has 0 aliphatic rings. The van der Waals surface area contributed by atoms with Crippen molar-refractivity contribution in [2.45, 2.75) is 51.4 Å². The van der Waals surface area contributed by atoms with Crippen LogP contribution in [0.15, 0.2) is 24.3 Å². The number of ketones is 1. The standard InChI is InChI=1S/C16H20FNO/c1-2-3-4-5-6-10-16(19)15(12-18)13-8-7-9-14(17)11-13/h7-9,11,15H,2-6,10H2,1H3. The maximum atomic E-state index is 13.1. The van der Waals surface area contributed by atoms with Crippen molar-refractivity contribution in [2.24, 2.45) is 0 Å². The van der Waals surface area contributed by atoms with E-state index in [0.717, 1.165) is 25.7 Å². The fraction of sp³-hybridized carbons (Fsp3) is 0.500. The summed E-state index contributed by atoms with van der Waals surface area (Å²) in [5.41, 5.74) is 0.459. The van der Waals surface area contributed by atoms with Gasteiger partial charge >= 0.3 is 0 Å². The van der Waals surface area contributed by atoms with Crippen molar-refractivity contribution in [3.05, 3.63) is 35.6 Å². The van der Waals surface area contributed by atoms with Crippen LogP contribution >= 0.6 is 0 Å². The van der Waals surface area contributed by atoms with Crippen molar-refractivity contribution in [2.75, 3.05) is 0 Å². The average molecular weight is 261 g/mol. The summed E-state index contributed by atoms with van der Waals surface area (Å²) in [7, 11) is 0. The molecular weight excluding hydrogens is 241 g/mol. The number of benzene rings is 1. The maximum Gasteiger partial charge on any atom is 0.154 e. The Bertz CT molecular complexity index is 450. The number of carbonyl (C=O) groups is 1. The Kier molecular flexibility index (Phi) is 6.81. The number of rotatable bonds is 8. The monoisotopic (exact) mass is 261 g/mol. The predicted molar refractivity (Wildman–Crippen MR) is 73.1 cm³/mol. The number of nitriles is 1. The van der Waals surface area contributed by atoms with E-state index in [1.54, 1.807) is 6.07 Å².